The van der Waals surface area contributed by atoms with Crippen LogP contribution >= 0.6 is 0 Å². The second-order valence-corrected chi connectivity index (χ2v) is 5.35. The molecule has 1 heterocycles. The summed E-state index contributed by atoms with van der Waals surface area (Å²) in [6, 6.07) is 12.5. The molecule has 0 spiro atoms. The lowest BCUT2D eigenvalue weighted by atomic mass is 10.1. The van der Waals surface area contributed by atoms with Crippen LogP contribution < -0.4 is 14.8 Å². The van der Waals surface area contributed by atoms with Crippen LogP contribution in [0.4, 0.5) is 5.82 Å². The largest absolute Gasteiger partial charge is 0.493 e. The molecule has 7 heteroatoms. The molecule has 7 nitrogen and oxygen atoms in total. The van der Waals surface area contributed by atoms with E-state index in [0.29, 0.717) is 28.3 Å². The van der Waals surface area contributed by atoms with Gasteiger partial charge in [0, 0.05) is 11.1 Å². The highest BCUT2D eigenvalue weighted by atomic mass is 16.6. The van der Waals surface area contributed by atoms with E-state index in [9.17, 15) is 4.79 Å². The van der Waals surface area contributed by atoms with Crippen molar-refractivity contribution in [1.82, 2.24) is 10.3 Å². The molecule has 0 radical (unpaired) electrons. The zero-order chi connectivity index (χ0) is 17.8. The second-order valence-electron chi connectivity index (χ2n) is 5.35. The predicted molar refractivity (Wildman–Crippen MR) is 92.0 cm³/mol. The first-order valence-corrected chi connectivity index (χ1v) is 7.55. The molecule has 0 aliphatic carbocycles. The molecule has 0 saturated carbocycles. The van der Waals surface area contributed by atoms with E-state index in [1.54, 1.807) is 44.6 Å². The molecule has 0 unspecified atom stereocenters. The molecule has 0 aliphatic rings. The van der Waals surface area contributed by atoms with Gasteiger partial charge in [0.2, 0.25) is 5.82 Å². The van der Waals surface area contributed by atoms with Gasteiger partial charge < -0.3 is 14.8 Å². The van der Waals surface area contributed by atoms with Crippen molar-refractivity contribution < 1.29 is 18.9 Å². The summed E-state index contributed by atoms with van der Waals surface area (Å²) in [4.78, 5) is 12.4. The van der Waals surface area contributed by atoms with Crippen LogP contribution in [-0.2, 0) is 0 Å². The molecule has 0 aliphatic heterocycles. The number of amides is 1. The first-order chi connectivity index (χ1) is 12.1. The van der Waals surface area contributed by atoms with E-state index >= 15 is 0 Å². The Kier molecular flexibility index (Phi) is 4.65. The van der Waals surface area contributed by atoms with Gasteiger partial charge in [-0.1, -0.05) is 17.7 Å². The Bertz CT molecular complexity index is 888. The molecule has 0 atom stereocenters. The number of hydrogen-bond acceptors (Lipinski definition) is 6. The Morgan fingerprint density at radius 1 is 1.00 bits per heavy atom. The van der Waals surface area contributed by atoms with Crippen LogP contribution in [0.15, 0.2) is 47.1 Å². The summed E-state index contributed by atoms with van der Waals surface area (Å²) in [5.41, 5.74) is 2.68. The minimum atomic E-state index is -0.294. The Balaban J connectivity index is 1.88. The van der Waals surface area contributed by atoms with Crippen LogP contribution in [0.3, 0.4) is 0 Å². The van der Waals surface area contributed by atoms with Gasteiger partial charge in [-0.15, -0.1) is 0 Å². The molecule has 3 aromatic rings. The van der Waals surface area contributed by atoms with Crippen molar-refractivity contribution in [3.05, 3.63) is 53.6 Å². The summed E-state index contributed by atoms with van der Waals surface area (Å²) in [7, 11) is 3.10. The van der Waals surface area contributed by atoms with Crippen molar-refractivity contribution in [3.8, 4) is 22.8 Å². The van der Waals surface area contributed by atoms with Gasteiger partial charge in [-0.3, -0.25) is 4.79 Å². The second kappa shape index (κ2) is 7.04. The predicted octanol–water partition coefficient (Wildman–Crippen LogP) is 3.31. The number of ether oxygens (including phenoxy) is 2. The van der Waals surface area contributed by atoms with Crippen molar-refractivity contribution in [2.24, 2.45) is 0 Å². The molecular weight excluding hydrogens is 322 g/mol. The summed E-state index contributed by atoms with van der Waals surface area (Å²) in [5, 5.41) is 10.4. The normalized spacial score (nSPS) is 10.4. The molecule has 1 amide bonds. The molecule has 0 saturated heterocycles. The fraction of sp³-hybridized carbons (Fsp3) is 0.167. The summed E-state index contributed by atoms with van der Waals surface area (Å²) in [6.45, 7) is 1.96. The smallest absolute Gasteiger partial charge is 0.256 e. The van der Waals surface area contributed by atoms with Crippen LogP contribution in [-0.4, -0.2) is 30.4 Å². The summed E-state index contributed by atoms with van der Waals surface area (Å²) in [6.07, 6.45) is 0. The number of aryl methyl sites for hydroxylation is 1. The van der Waals surface area contributed by atoms with Crippen molar-refractivity contribution in [1.29, 1.82) is 0 Å². The van der Waals surface area contributed by atoms with Crippen molar-refractivity contribution in [3.63, 3.8) is 0 Å². The van der Waals surface area contributed by atoms with Gasteiger partial charge in [0.05, 0.1) is 14.2 Å². The number of aromatic nitrogens is 2. The maximum atomic E-state index is 12.4. The number of carbonyl (C=O) groups excluding carboxylic acids is 1. The van der Waals surface area contributed by atoms with Crippen molar-refractivity contribution >= 4 is 11.7 Å². The van der Waals surface area contributed by atoms with E-state index < -0.39 is 0 Å². The van der Waals surface area contributed by atoms with E-state index in [1.807, 2.05) is 19.1 Å². The Labute approximate surface area is 144 Å². The van der Waals surface area contributed by atoms with Crippen LogP contribution in [0, 0.1) is 6.92 Å². The third-order valence-electron chi connectivity index (χ3n) is 3.69. The molecule has 25 heavy (non-hydrogen) atoms. The number of benzene rings is 2. The molecule has 2 aromatic carbocycles. The lowest BCUT2D eigenvalue weighted by Crippen LogP contribution is -2.12. The fourth-order valence-corrected chi connectivity index (χ4v) is 2.33. The Morgan fingerprint density at radius 2 is 1.72 bits per heavy atom. The van der Waals surface area contributed by atoms with Crippen molar-refractivity contribution in [2.75, 3.05) is 19.5 Å². The van der Waals surface area contributed by atoms with Gasteiger partial charge in [-0.2, -0.15) is 0 Å². The van der Waals surface area contributed by atoms with Gasteiger partial charge in [0.25, 0.3) is 5.91 Å². The van der Waals surface area contributed by atoms with Crippen LogP contribution in [0.5, 0.6) is 11.5 Å². The number of nitrogens with zero attached hydrogens (tertiary/aromatic N) is 2. The average Bonchev–Trinajstić information content (AvgIpc) is 3.09. The maximum absolute atomic E-state index is 12.4. The molecule has 1 N–H and O–H groups in total. The summed E-state index contributed by atoms with van der Waals surface area (Å²) < 4.78 is 15.3. The Hall–Kier alpha value is -3.35. The highest BCUT2D eigenvalue weighted by molar-refractivity contribution is 6.05. The van der Waals surface area contributed by atoms with Crippen LogP contribution in [0.25, 0.3) is 11.3 Å². The minimum Gasteiger partial charge on any atom is -0.493 e. The van der Waals surface area contributed by atoms with Gasteiger partial charge in [0.15, 0.2) is 17.2 Å². The minimum absolute atomic E-state index is 0.234. The highest BCUT2D eigenvalue weighted by Gasteiger charge is 2.17. The van der Waals surface area contributed by atoms with Crippen molar-refractivity contribution in [2.45, 2.75) is 6.92 Å². The van der Waals surface area contributed by atoms with E-state index in [1.165, 1.54) is 0 Å². The summed E-state index contributed by atoms with van der Waals surface area (Å²) >= 11 is 0. The Morgan fingerprint density at radius 3 is 2.40 bits per heavy atom. The number of nitrogens with one attached hydrogen (secondary N) is 1. The molecule has 3 rings (SSSR count). The van der Waals surface area contributed by atoms with Gasteiger partial charge in [-0.25, -0.2) is 4.63 Å². The standard InChI is InChI=1S/C18H17N3O4/c1-11-4-6-12(7-5-11)18(22)19-17-16(20-25-21-17)13-8-9-14(23-2)15(10-13)24-3/h4-10H,1-3H3,(H,19,21,22). The van der Waals surface area contributed by atoms with E-state index in [2.05, 4.69) is 15.6 Å². The van der Waals surface area contributed by atoms with Gasteiger partial charge >= 0.3 is 0 Å². The van der Waals surface area contributed by atoms with Crippen LogP contribution in [0.1, 0.15) is 15.9 Å². The SMILES string of the molecule is COc1ccc(-c2nonc2NC(=O)c2ccc(C)cc2)cc1OC. The molecule has 128 valence electrons. The third-order valence-corrected chi connectivity index (χ3v) is 3.69. The monoisotopic (exact) mass is 339 g/mol. The number of methoxy groups -OCH3 is 2. The third kappa shape index (κ3) is 3.45. The number of hydrogen-bond donors (Lipinski definition) is 1. The lowest BCUT2D eigenvalue weighted by Gasteiger charge is -2.09. The fourth-order valence-electron chi connectivity index (χ4n) is 2.33. The molecule has 0 bridgehead atoms. The van der Waals surface area contributed by atoms with E-state index in [-0.39, 0.29) is 11.7 Å². The lowest BCUT2D eigenvalue weighted by molar-refractivity contribution is 0.102. The zero-order valence-electron chi connectivity index (χ0n) is 14.1. The van der Waals surface area contributed by atoms with E-state index in [0.717, 1.165) is 5.56 Å². The quantitative estimate of drug-likeness (QED) is 0.767. The summed E-state index contributed by atoms with van der Waals surface area (Å²) in [5.74, 6) is 1.07. The topological polar surface area (TPSA) is 86.5 Å². The highest BCUT2D eigenvalue weighted by Crippen LogP contribution is 2.33. The maximum Gasteiger partial charge on any atom is 0.256 e. The van der Waals surface area contributed by atoms with Gasteiger partial charge in [-0.05, 0) is 47.6 Å². The number of anilines is 1. The van der Waals surface area contributed by atoms with Gasteiger partial charge in [0.1, 0.15) is 0 Å². The van der Waals surface area contributed by atoms with E-state index in [4.69, 9.17) is 14.1 Å². The zero-order valence-corrected chi connectivity index (χ0v) is 14.1. The number of carbonyl (C=O) groups is 1. The average molecular weight is 339 g/mol. The molecule has 1 aromatic heterocycles. The molecule has 0 fully saturated rings. The first kappa shape index (κ1) is 16.5. The number of rotatable bonds is 5. The first-order valence-electron chi connectivity index (χ1n) is 7.55. The molecular formula is C18H17N3O4. The van der Waals surface area contributed by atoms with Crippen LogP contribution in [0.2, 0.25) is 0 Å².